The fourth-order valence-electron chi connectivity index (χ4n) is 2.94. The van der Waals surface area contributed by atoms with Crippen molar-refractivity contribution in [3.05, 3.63) is 42.9 Å². The molecule has 1 N–H and O–H groups in total. The molecule has 0 aromatic carbocycles. The molecule has 2 aliphatic rings. The highest BCUT2D eigenvalue weighted by molar-refractivity contribution is 5.67. The number of allylic oxidation sites excluding steroid dienone is 1. The molecule has 1 fully saturated rings. The van der Waals surface area contributed by atoms with Gasteiger partial charge in [0.05, 0.1) is 12.5 Å². The number of pyridine rings is 1. The first kappa shape index (κ1) is 11.5. The molecule has 2 atom stereocenters. The number of ether oxygens (including phenoxy) is 1. The van der Waals surface area contributed by atoms with Crippen LogP contribution in [0.15, 0.2) is 37.4 Å². The molecular formula is C15H18N2O. The molecule has 2 unspecified atom stereocenters. The minimum atomic E-state index is 0.692. The molecule has 0 bridgehead atoms. The molecule has 0 saturated carbocycles. The van der Waals surface area contributed by atoms with Crippen molar-refractivity contribution in [1.29, 1.82) is 0 Å². The summed E-state index contributed by atoms with van der Waals surface area (Å²) < 4.78 is 5.29. The summed E-state index contributed by atoms with van der Waals surface area (Å²) in [4.78, 5) is 4.23. The molecule has 0 radical (unpaired) electrons. The maximum absolute atomic E-state index is 5.29. The first-order valence-corrected chi connectivity index (χ1v) is 6.51. The lowest BCUT2D eigenvalue weighted by molar-refractivity contribution is 0.447. The third kappa shape index (κ3) is 2.18. The molecule has 2 heterocycles. The molecule has 1 saturated heterocycles. The van der Waals surface area contributed by atoms with Crippen LogP contribution in [0.4, 0.5) is 0 Å². The van der Waals surface area contributed by atoms with Crippen molar-refractivity contribution >= 4 is 5.57 Å². The van der Waals surface area contributed by atoms with Crippen LogP contribution in [0, 0.1) is 11.8 Å². The normalized spacial score (nSPS) is 26.3. The third-order valence-electron chi connectivity index (χ3n) is 3.90. The number of aromatic nitrogens is 1. The van der Waals surface area contributed by atoms with Crippen LogP contribution in [0.3, 0.4) is 0 Å². The summed E-state index contributed by atoms with van der Waals surface area (Å²) in [5.41, 5.74) is 2.58. The lowest BCUT2D eigenvalue weighted by Crippen LogP contribution is -2.15. The van der Waals surface area contributed by atoms with E-state index in [9.17, 15) is 0 Å². The summed E-state index contributed by atoms with van der Waals surface area (Å²) in [6.45, 7) is 5.86. The van der Waals surface area contributed by atoms with Gasteiger partial charge in [0.2, 0.25) is 0 Å². The predicted molar refractivity (Wildman–Crippen MR) is 72.1 cm³/mol. The SMILES string of the molecule is C=COc1cncc(C2=CC3CNCC3CC2)c1. The highest BCUT2D eigenvalue weighted by Gasteiger charge is 2.29. The Kier molecular flexibility index (Phi) is 3.15. The van der Waals surface area contributed by atoms with Crippen molar-refractivity contribution in [3.63, 3.8) is 0 Å². The minimum Gasteiger partial charge on any atom is -0.464 e. The zero-order valence-corrected chi connectivity index (χ0v) is 10.4. The van der Waals surface area contributed by atoms with Gasteiger partial charge in [0.1, 0.15) is 5.75 Å². The number of hydrogen-bond donors (Lipinski definition) is 1. The van der Waals surface area contributed by atoms with Crippen LogP contribution >= 0.6 is 0 Å². The van der Waals surface area contributed by atoms with Crippen molar-refractivity contribution in [2.45, 2.75) is 12.8 Å². The average Bonchev–Trinajstić information content (AvgIpc) is 2.86. The Hall–Kier alpha value is -1.61. The van der Waals surface area contributed by atoms with E-state index in [1.54, 1.807) is 6.20 Å². The Morgan fingerprint density at radius 2 is 2.33 bits per heavy atom. The van der Waals surface area contributed by atoms with Crippen LogP contribution in [0.5, 0.6) is 5.75 Å². The molecule has 1 aliphatic heterocycles. The van der Waals surface area contributed by atoms with Gasteiger partial charge in [-0.1, -0.05) is 12.7 Å². The van der Waals surface area contributed by atoms with Crippen LogP contribution in [-0.2, 0) is 0 Å². The second-order valence-corrected chi connectivity index (χ2v) is 5.01. The van der Waals surface area contributed by atoms with Crippen molar-refractivity contribution in [1.82, 2.24) is 10.3 Å². The molecule has 1 aromatic heterocycles. The topological polar surface area (TPSA) is 34.1 Å². The van der Waals surface area contributed by atoms with Gasteiger partial charge in [0, 0.05) is 12.7 Å². The van der Waals surface area contributed by atoms with E-state index in [2.05, 4.69) is 23.0 Å². The summed E-state index contributed by atoms with van der Waals surface area (Å²) in [5, 5.41) is 3.47. The third-order valence-corrected chi connectivity index (χ3v) is 3.90. The summed E-state index contributed by atoms with van der Waals surface area (Å²) in [6, 6.07) is 2.04. The fraction of sp³-hybridized carbons (Fsp3) is 0.400. The van der Waals surface area contributed by atoms with E-state index >= 15 is 0 Å². The second kappa shape index (κ2) is 4.94. The van der Waals surface area contributed by atoms with Crippen molar-refractivity contribution in [2.24, 2.45) is 11.8 Å². The molecule has 1 aromatic rings. The molecule has 94 valence electrons. The van der Waals surface area contributed by atoms with Gasteiger partial charge in [-0.05, 0) is 48.4 Å². The van der Waals surface area contributed by atoms with E-state index in [0.29, 0.717) is 5.92 Å². The van der Waals surface area contributed by atoms with E-state index in [1.165, 1.54) is 30.4 Å². The summed E-state index contributed by atoms with van der Waals surface area (Å²) in [5.74, 6) is 2.28. The highest BCUT2D eigenvalue weighted by atomic mass is 16.5. The van der Waals surface area contributed by atoms with Crippen LogP contribution in [-0.4, -0.2) is 18.1 Å². The highest BCUT2D eigenvalue weighted by Crippen LogP contribution is 2.36. The van der Waals surface area contributed by atoms with Gasteiger partial charge >= 0.3 is 0 Å². The summed E-state index contributed by atoms with van der Waals surface area (Å²) >= 11 is 0. The van der Waals surface area contributed by atoms with Gasteiger partial charge < -0.3 is 10.1 Å². The van der Waals surface area contributed by atoms with Crippen molar-refractivity contribution in [2.75, 3.05) is 13.1 Å². The number of fused-ring (bicyclic) bond motifs is 1. The molecule has 3 nitrogen and oxygen atoms in total. The van der Waals surface area contributed by atoms with Crippen molar-refractivity contribution < 1.29 is 4.74 Å². The number of nitrogens with one attached hydrogen (secondary N) is 1. The maximum Gasteiger partial charge on any atom is 0.145 e. The Morgan fingerprint density at radius 1 is 1.39 bits per heavy atom. The molecular weight excluding hydrogens is 224 g/mol. The Bertz CT molecular complexity index is 481. The van der Waals surface area contributed by atoms with E-state index in [-0.39, 0.29) is 0 Å². The van der Waals surface area contributed by atoms with Gasteiger partial charge in [-0.2, -0.15) is 0 Å². The van der Waals surface area contributed by atoms with Crippen LogP contribution < -0.4 is 10.1 Å². The number of nitrogens with zero attached hydrogens (tertiary/aromatic N) is 1. The molecule has 3 heteroatoms. The lowest BCUT2D eigenvalue weighted by Gasteiger charge is -2.23. The molecule has 3 rings (SSSR count). The number of rotatable bonds is 3. The van der Waals surface area contributed by atoms with Crippen molar-refractivity contribution in [3.8, 4) is 5.75 Å². The standard InChI is InChI=1S/C15H18N2O/c1-2-18-15-6-14(9-17-10-15)11-3-4-12-7-16-8-13(12)5-11/h2,5-6,9-10,12-13,16H,1,3-4,7-8H2. The van der Waals surface area contributed by atoms with Gasteiger partial charge in [0.25, 0.3) is 0 Å². The molecule has 1 aliphatic carbocycles. The molecule has 0 amide bonds. The quantitative estimate of drug-likeness (QED) is 0.827. The Balaban J connectivity index is 1.85. The van der Waals surface area contributed by atoms with E-state index in [1.807, 2.05) is 12.3 Å². The summed E-state index contributed by atoms with van der Waals surface area (Å²) in [6.07, 6.45) is 9.91. The predicted octanol–water partition coefficient (Wildman–Crippen LogP) is 2.62. The zero-order chi connectivity index (χ0) is 12.4. The monoisotopic (exact) mass is 242 g/mol. The van der Waals surface area contributed by atoms with Crippen LogP contribution in [0.2, 0.25) is 0 Å². The zero-order valence-electron chi connectivity index (χ0n) is 10.4. The largest absolute Gasteiger partial charge is 0.464 e. The lowest BCUT2D eigenvalue weighted by atomic mass is 9.81. The Morgan fingerprint density at radius 3 is 3.22 bits per heavy atom. The Labute approximate surface area is 108 Å². The van der Waals surface area contributed by atoms with Gasteiger partial charge in [-0.3, -0.25) is 4.98 Å². The average molecular weight is 242 g/mol. The van der Waals surface area contributed by atoms with Gasteiger partial charge in [0.15, 0.2) is 0 Å². The first-order valence-electron chi connectivity index (χ1n) is 6.51. The van der Waals surface area contributed by atoms with E-state index in [4.69, 9.17) is 4.74 Å². The van der Waals surface area contributed by atoms with Crippen LogP contribution in [0.1, 0.15) is 18.4 Å². The maximum atomic E-state index is 5.29. The van der Waals surface area contributed by atoms with Gasteiger partial charge in [-0.15, -0.1) is 0 Å². The summed E-state index contributed by atoms with van der Waals surface area (Å²) in [7, 11) is 0. The van der Waals surface area contributed by atoms with E-state index in [0.717, 1.165) is 24.6 Å². The van der Waals surface area contributed by atoms with E-state index < -0.39 is 0 Å². The second-order valence-electron chi connectivity index (χ2n) is 5.01. The first-order chi connectivity index (χ1) is 8.86. The smallest absolute Gasteiger partial charge is 0.145 e. The van der Waals surface area contributed by atoms with Gasteiger partial charge in [-0.25, -0.2) is 0 Å². The molecule has 18 heavy (non-hydrogen) atoms. The minimum absolute atomic E-state index is 0.692. The van der Waals surface area contributed by atoms with Crippen LogP contribution in [0.25, 0.3) is 5.57 Å². The number of hydrogen-bond acceptors (Lipinski definition) is 3. The fourth-order valence-corrected chi connectivity index (χ4v) is 2.94. The molecule has 0 spiro atoms.